The molecule has 3 aliphatic heterocycles. The predicted octanol–water partition coefficient (Wildman–Crippen LogP) is -3.17. The summed E-state index contributed by atoms with van der Waals surface area (Å²) in [6.45, 7) is 0.0592. The molecule has 2 unspecified atom stereocenters. The van der Waals surface area contributed by atoms with Gasteiger partial charge in [-0.1, -0.05) is 12.1 Å². The molecule has 6 rings (SSSR count). The number of aromatic amines is 2. The lowest BCUT2D eigenvalue weighted by Crippen LogP contribution is -2.73. The van der Waals surface area contributed by atoms with Gasteiger partial charge in [0.15, 0.2) is 17.6 Å². The van der Waals surface area contributed by atoms with Crippen molar-refractivity contribution in [2.24, 2.45) is 21.5 Å². The number of aliphatic imine (C=N–C) groups is 2. The summed E-state index contributed by atoms with van der Waals surface area (Å²) in [5, 5.41) is 20.3. The Labute approximate surface area is 227 Å². The summed E-state index contributed by atoms with van der Waals surface area (Å²) in [4.78, 5) is 64.0. The number of hydrogen-bond donors (Lipinski definition) is 8. The summed E-state index contributed by atoms with van der Waals surface area (Å²) in [6.07, 6.45) is 2.68. The zero-order valence-corrected chi connectivity index (χ0v) is 21.4. The van der Waals surface area contributed by atoms with Crippen LogP contribution in [0.2, 0.25) is 0 Å². The minimum Gasteiger partial charge on any atom is -0.386 e. The van der Waals surface area contributed by atoms with Crippen molar-refractivity contribution < 1.29 is 14.7 Å². The van der Waals surface area contributed by atoms with E-state index in [1.54, 1.807) is 11.0 Å². The van der Waals surface area contributed by atoms with Gasteiger partial charge in [0.05, 0.1) is 12.1 Å². The number of benzene rings is 1. The van der Waals surface area contributed by atoms with Gasteiger partial charge < -0.3 is 42.4 Å². The minimum absolute atomic E-state index is 0.0540. The first-order chi connectivity index (χ1) is 19.2. The van der Waals surface area contributed by atoms with E-state index in [2.05, 4.69) is 30.9 Å². The van der Waals surface area contributed by atoms with E-state index >= 15 is 0 Å². The number of carbonyl (C=O) groups is 2. The third-order valence-electron chi connectivity index (χ3n) is 8.09. The number of H-pyrrole nitrogens is 2. The number of guanidine groups is 2. The summed E-state index contributed by atoms with van der Waals surface area (Å²) in [5.74, 6) is -0.864. The zero-order valence-electron chi connectivity index (χ0n) is 21.4. The van der Waals surface area contributed by atoms with Crippen molar-refractivity contribution in [1.82, 2.24) is 30.8 Å². The number of aliphatic hydroxyl groups is 1. The van der Waals surface area contributed by atoms with Crippen LogP contribution in [0, 0.1) is 0 Å². The molecule has 2 amide bonds. The molecule has 210 valence electrons. The van der Waals surface area contributed by atoms with Crippen LogP contribution in [0.25, 0.3) is 0 Å². The van der Waals surface area contributed by atoms with E-state index < -0.39 is 47.0 Å². The first-order valence-corrected chi connectivity index (χ1v) is 13.1. The second-order valence-corrected chi connectivity index (χ2v) is 10.5. The maximum Gasteiger partial charge on any atom is 0.326 e. The van der Waals surface area contributed by atoms with E-state index in [0.717, 1.165) is 37.3 Å². The van der Waals surface area contributed by atoms with Crippen molar-refractivity contribution >= 4 is 23.7 Å². The molecule has 15 heteroatoms. The summed E-state index contributed by atoms with van der Waals surface area (Å²) in [6, 6.07) is 4.42. The maximum absolute atomic E-state index is 13.4. The third kappa shape index (κ3) is 4.09. The Morgan fingerprint density at radius 3 is 2.73 bits per heavy atom. The highest BCUT2D eigenvalue weighted by atomic mass is 16.3. The number of hydrogen-bond acceptors (Lipinski definition) is 11. The topological polar surface area (TPSA) is 236 Å². The van der Waals surface area contributed by atoms with Gasteiger partial charge in [0, 0.05) is 24.7 Å². The molecule has 15 nitrogen and oxygen atoms in total. The summed E-state index contributed by atoms with van der Waals surface area (Å²) >= 11 is 0. The molecule has 1 saturated heterocycles. The Morgan fingerprint density at radius 1 is 1.12 bits per heavy atom. The van der Waals surface area contributed by atoms with Crippen molar-refractivity contribution in [3.8, 4) is 0 Å². The van der Waals surface area contributed by atoms with Crippen LogP contribution in [0.3, 0.4) is 0 Å². The molecule has 10 N–H and O–H groups in total. The quantitative estimate of drug-likeness (QED) is 0.187. The lowest BCUT2D eigenvalue weighted by atomic mass is 9.87. The third-order valence-corrected chi connectivity index (χ3v) is 8.09. The Morgan fingerprint density at radius 2 is 1.93 bits per heavy atom. The Hall–Kier alpha value is -4.66. The largest absolute Gasteiger partial charge is 0.386 e. The Kier molecular flexibility index (Phi) is 6.09. The first kappa shape index (κ1) is 25.6. The number of nitrogens with zero attached hydrogens (tertiary/aromatic N) is 3. The molecule has 1 aliphatic carbocycles. The van der Waals surface area contributed by atoms with Gasteiger partial charge in [0.25, 0.3) is 17.4 Å². The fourth-order valence-electron chi connectivity index (χ4n) is 6.33. The molecule has 4 heterocycles. The van der Waals surface area contributed by atoms with Crippen molar-refractivity contribution in [1.29, 1.82) is 0 Å². The van der Waals surface area contributed by atoms with Crippen LogP contribution in [0.5, 0.6) is 0 Å². The number of rotatable bonds is 5. The molecule has 1 spiro atoms. The highest BCUT2D eigenvalue weighted by molar-refractivity contribution is 5.97. The predicted molar refractivity (Wildman–Crippen MR) is 144 cm³/mol. The maximum atomic E-state index is 13.4. The van der Waals surface area contributed by atoms with Gasteiger partial charge in [0.1, 0.15) is 17.8 Å². The second kappa shape index (κ2) is 9.51. The van der Waals surface area contributed by atoms with Crippen molar-refractivity contribution in [2.45, 2.75) is 55.6 Å². The molecule has 1 aromatic carbocycles. The lowest BCUT2D eigenvalue weighted by Gasteiger charge is -2.46. The van der Waals surface area contributed by atoms with Crippen molar-refractivity contribution in [3.63, 3.8) is 0 Å². The number of nitrogens with one attached hydrogen (secondary N) is 5. The molecule has 1 aromatic heterocycles. The van der Waals surface area contributed by atoms with Crippen LogP contribution in [0.15, 0.2) is 43.8 Å². The van der Waals surface area contributed by atoms with Gasteiger partial charge >= 0.3 is 5.69 Å². The average molecular weight is 551 g/mol. The summed E-state index contributed by atoms with van der Waals surface area (Å²) in [5.41, 5.74) is 12.1. The number of carbonyl (C=O) groups excluding carboxylic acids is 2. The summed E-state index contributed by atoms with van der Waals surface area (Å²) in [7, 11) is 0. The number of fused-ring (bicyclic) bond motifs is 1. The van der Waals surface area contributed by atoms with Gasteiger partial charge in [-0.25, -0.2) is 14.8 Å². The second-order valence-electron chi connectivity index (χ2n) is 10.5. The van der Waals surface area contributed by atoms with E-state index in [1.165, 1.54) is 5.56 Å². The Balaban J connectivity index is 1.23. The molecule has 2 aromatic rings. The molecule has 5 atom stereocenters. The zero-order chi connectivity index (χ0) is 28.2. The SMILES string of the molecule is NC1=NC2[C@H](CNC(=O)c3cc(=O)[nH]c(=O)[nH]3)N=C(N)N3C[C@@H](NC(=O)c4cccc5c4CCCC5)[C@@H](O)C23N1. The van der Waals surface area contributed by atoms with Crippen molar-refractivity contribution in [3.05, 3.63) is 67.5 Å². The van der Waals surface area contributed by atoms with Crippen LogP contribution < -0.4 is 38.7 Å². The number of aromatic nitrogens is 2. The van der Waals surface area contributed by atoms with Crippen LogP contribution in [-0.4, -0.2) is 86.7 Å². The van der Waals surface area contributed by atoms with Crippen LogP contribution in [-0.2, 0) is 12.8 Å². The first-order valence-electron chi connectivity index (χ1n) is 13.1. The smallest absolute Gasteiger partial charge is 0.326 e. The van der Waals surface area contributed by atoms with E-state index in [-0.39, 0.29) is 36.6 Å². The normalized spacial score (nSPS) is 28.4. The average Bonchev–Trinajstić information content (AvgIpc) is 3.42. The Bertz CT molecular complexity index is 1540. The number of amides is 2. The standard InChI is InChI=1S/C25H30N10O5/c26-22-33-18-15(9-28-21(39)14-8-17(36)32-24(40)31-14)30-23(27)35-10-16(19(37)25(18,35)34-22)29-20(38)13-7-3-5-11-4-1-2-6-12(11)13/h3,5,7-8,15-16,18-19,37H,1-2,4,6,9-10H2,(H2,27,30)(H,28,39)(H,29,38)(H3,26,33,34)(H2,31,32,36,40)/t15-,16+,18?,19+,25?/m0/s1. The highest BCUT2D eigenvalue weighted by Gasteiger charge is 2.65. The van der Waals surface area contributed by atoms with E-state index in [0.29, 0.717) is 5.56 Å². The van der Waals surface area contributed by atoms with Crippen LogP contribution in [0.4, 0.5) is 0 Å². The van der Waals surface area contributed by atoms with E-state index in [9.17, 15) is 24.3 Å². The molecular formula is C25H30N10O5. The molecule has 0 saturated carbocycles. The van der Waals surface area contributed by atoms with Crippen LogP contribution >= 0.6 is 0 Å². The molecule has 1 fully saturated rings. The van der Waals surface area contributed by atoms with Gasteiger partial charge in [-0.15, -0.1) is 0 Å². The van der Waals surface area contributed by atoms with Gasteiger partial charge in [-0.2, -0.15) is 0 Å². The number of aryl methyl sites for hydroxylation is 1. The lowest BCUT2D eigenvalue weighted by molar-refractivity contribution is 0.0144. The van der Waals surface area contributed by atoms with Gasteiger partial charge in [0.2, 0.25) is 0 Å². The summed E-state index contributed by atoms with van der Waals surface area (Å²) < 4.78 is 0. The fourth-order valence-corrected chi connectivity index (χ4v) is 6.33. The molecular weight excluding hydrogens is 520 g/mol. The number of nitrogens with two attached hydrogens (primary N) is 2. The molecule has 4 aliphatic rings. The van der Waals surface area contributed by atoms with Gasteiger partial charge in [-0.05, 0) is 42.9 Å². The molecule has 0 radical (unpaired) electrons. The fraction of sp³-hybridized carbons (Fsp3) is 0.440. The van der Waals surface area contributed by atoms with Crippen LogP contribution in [0.1, 0.15) is 44.8 Å². The molecule has 40 heavy (non-hydrogen) atoms. The number of aliphatic hydroxyl groups excluding tert-OH is 1. The van der Waals surface area contributed by atoms with Crippen molar-refractivity contribution in [2.75, 3.05) is 13.1 Å². The van der Waals surface area contributed by atoms with Gasteiger partial charge in [-0.3, -0.25) is 19.4 Å². The van der Waals surface area contributed by atoms with E-state index in [4.69, 9.17) is 11.5 Å². The monoisotopic (exact) mass is 550 g/mol. The minimum atomic E-state index is -1.31. The highest BCUT2D eigenvalue weighted by Crippen LogP contribution is 2.40. The van der Waals surface area contributed by atoms with E-state index in [1.807, 2.05) is 17.1 Å². The molecule has 0 bridgehead atoms.